The first kappa shape index (κ1) is 15.8. The smallest absolute Gasteiger partial charge is 0.130 e. The number of methoxy groups -OCH3 is 1. The molecule has 2 rings (SSSR count). The Labute approximate surface area is 126 Å². The highest BCUT2D eigenvalue weighted by atomic mass is 16.5. The number of hydrogen-bond donors (Lipinski definition) is 2. The summed E-state index contributed by atoms with van der Waals surface area (Å²) >= 11 is 0. The quantitative estimate of drug-likeness (QED) is 0.619. The van der Waals surface area contributed by atoms with Gasteiger partial charge in [-0.2, -0.15) is 0 Å². The molecule has 1 aromatic carbocycles. The number of hydrogen-bond acceptors (Lipinski definition) is 4. The molecule has 1 unspecified atom stereocenters. The predicted molar refractivity (Wildman–Crippen MR) is 83.9 cm³/mol. The predicted octanol–water partition coefficient (Wildman–Crippen LogP) is 1.84. The number of ether oxygens (including phenoxy) is 2. The number of rotatable bonds is 6. The summed E-state index contributed by atoms with van der Waals surface area (Å²) < 4.78 is 10.8. The summed E-state index contributed by atoms with van der Waals surface area (Å²) in [5.41, 5.74) is 7.35. The molecule has 5 nitrogen and oxygen atoms in total. The molecule has 1 fully saturated rings. The summed E-state index contributed by atoms with van der Waals surface area (Å²) in [4.78, 5) is 2.31. The van der Waals surface area contributed by atoms with Crippen molar-refractivity contribution in [1.29, 1.82) is 5.41 Å². The molecule has 0 amide bonds. The van der Waals surface area contributed by atoms with E-state index in [9.17, 15) is 0 Å². The molecule has 116 valence electrons. The molecule has 0 aromatic heterocycles. The molecule has 1 aliphatic heterocycles. The van der Waals surface area contributed by atoms with E-state index in [2.05, 4.69) is 11.9 Å². The van der Waals surface area contributed by atoms with Gasteiger partial charge in [0.2, 0.25) is 0 Å². The summed E-state index contributed by atoms with van der Waals surface area (Å²) in [5.74, 6) is 1.32. The Morgan fingerprint density at radius 2 is 2.33 bits per heavy atom. The maximum Gasteiger partial charge on any atom is 0.130 e. The van der Waals surface area contributed by atoms with Crippen molar-refractivity contribution in [3.8, 4) is 5.75 Å². The second-order valence-corrected chi connectivity index (χ2v) is 5.73. The fourth-order valence-corrected chi connectivity index (χ4v) is 2.82. The van der Waals surface area contributed by atoms with Gasteiger partial charge in [-0.1, -0.05) is 6.07 Å². The average molecular weight is 291 g/mol. The number of nitrogens with two attached hydrogens (primary N) is 1. The van der Waals surface area contributed by atoms with Crippen molar-refractivity contribution in [2.45, 2.75) is 19.4 Å². The molecule has 0 spiro atoms. The van der Waals surface area contributed by atoms with Crippen LogP contribution in [0.2, 0.25) is 0 Å². The molecule has 1 aromatic rings. The van der Waals surface area contributed by atoms with E-state index in [1.807, 2.05) is 18.2 Å². The lowest BCUT2D eigenvalue weighted by Crippen LogP contribution is -2.30. The first-order valence-corrected chi connectivity index (χ1v) is 7.37. The minimum atomic E-state index is 0.0334. The zero-order chi connectivity index (χ0) is 15.2. The Morgan fingerprint density at radius 1 is 1.52 bits per heavy atom. The van der Waals surface area contributed by atoms with Gasteiger partial charge in [0, 0.05) is 19.7 Å². The van der Waals surface area contributed by atoms with Crippen molar-refractivity contribution in [2.24, 2.45) is 11.7 Å². The molecule has 0 saturated carbocycles. The Balaban J connectivity index is 1.96. The Kier molecular flexibility index (Phi) is 5.59. The van der Waals surface area contributed by atoms with Gasteiger partial charge in [-0.3, -0.25) is 5.41 Å². The van der Waals surface area contributed by atoms with Crippen LogP contribution in [-0.2, 0) is 11.3 Å². The van der Waals surface area contributed by atoms with Crippen LogP contribution in [0.3, 0.4) is 0 Å². The van der Waals surface area contributed by atoms with Crippen LogP contribution in [0.25, 0.3) is 0 Å². The number of nitrogens with one attached hydrogen (secondary N) is 1. The fraction of sp³-hybridized carbons (Fsp3) is 0.562. The molecule has 0 aliphatic carbocycles. The van der Waals surface area contributed by atoms with Crippen LogP contribution in [0, 0.1) is 11.3 Å². The molecule has 0 radical (unpaired) electrons. The third kappa shape index (κ3) is 4.44. The number of nitrogens with zero attached hydrogens (tertiary/aromatic N) is 1. The number of benzene rings is 1. The third-order valence-corrected chi connectivity index (χ3v) is 3.83. The normalized spacial score (nSPS) is 18.7. The van der Waals surface area contributed by atoms with Crippen molar-refractivity contribution in [2.75, 3.05) is 33.9 Å². The van der Waals surface area contributed by atoms with Crippen LogP contribution in [0.15, 0.2) is 18.2 Å². The SMILES string of the molecule is COc1cc(CN(C)CC2CCCOC2)ccc1C(=N)N. The van der Waals surface area contributed by atoms with Gasteiger partial charge in [-0.25, -0.2) is 0 Å². The van der Waals surface area contributed by atoms with Crippen molar-refractivity contribution < 1.29 is 9.47 Å². The minimum Gasteiger partial charge on any atom is -0.496 e. The molecule has 5 heteroatoms. The van der Waals surface area contributed by atoms with Crippen molar-refractivity contribution in [1.82, 2.24) is 4.90 Å². The van der Waals surface area contributed by atoms with Gasteiger partial charge in [0.25, 0.3) is 0 Å². The molecule has 21 heavy (non-hydrogen) atoms. The van der Waals surface area contributed by atoms with E-state index in [1.54, 1.807) is 7.11 Å². The van der Waals surface area contributed by atoms with Crippen LogP contribution in [-0.4, -0.2) is 44.7 Å². The molecule has 0 bridgehead atoms. The van der Waals surface area contributed by atoms with Crippen LogP contribution in [0.4, 0.5) is 0 Å². The van der Waals surface area contributed by atoms with Crippen LogP contribution in [0.5, 0.6) is 5.75 Å². The van der Waals surface area contributed by atoms with Gasteiger partial charge in [-0.05, 0) is 43.5 Å². The van der Waals surface area contributed by atoms with E-state index in [0.717, 1.165) is 31.9 Å². The lowest BCUT2D eigenvalue weighted by atomic mass is 10.0. The Bertz CT molecular complexity index is 484. The van der Waals surface area contributed by atoms with E-state index in [0.29, 0.717) is 17.2 Å². The van der Waals surface area contributed by atoms with Gasteiger partial charge in [0.05, 0.1) is 19.3 Å². The van der Waals surface area contributed by atoms with Crippen molar-refractivity contribution in [3.05, 3.63) is 29.3 Å². The van der Waals surface area contributed by atoms with Crippen LogP contribution >= 0.6 is 0 Å². The second-order valence-electron chi connectivity index (χ2n) is 5.73. The van der Waals surface area contributed by atoms with E-state index >= 15 is 0 Å². The summed E-state index contributed by atoms with van der Waals surface area (Å²) in [6.07, 6.45) is 2.41. The topological polar surface area (TPSA) is 71.6 Å². The van der Waals surface area contributed by atoms with E-state index in [4.69, 9.17) is 20.6 Å². The van der Waals surface area contributed by atoms with E-state index in [1.165, 1.54) is 12.8 Å². The number of amidine groups is 1. The second kappa shape index (κ2) is 7.43. The van der Waals surface area contributed by atoms with Crippen LogP contribution in [0.1, 0.15) is 24.0 Å². The zero-order valence-electron chi connectivity index (χ0n) is 12.9. The molecule has 1 aliphatic rings. The highest BCUT2D eigenvalue weighted by Crippen LogP contribution is 2.21. The zero-order valence-corrected chi connectivity index (χ0v) is 12.9. The standard InChI is InChI=1S/C16H25N3O2/c1-19(10-13-4-3-7-21-11-13)9-12-5-6-14(16(17)18)15(8-12)20-2/h5-6,8,13H,3-4,7,9-11H2,1-2H3,(H3,17,18). The largest absolute Gasteiger partial charge is 0.496 e. The lowest BCUT2D eigenvalue weighted by molar-refractivity contribution is 0.0411. The first-order valence-electron chi connectivity index (χ1n) is 7.37. The molecular formula is C16H25N3O2. The summed E-state index contributed by atoms with van der Waals surface area (Å²) in [6.45, 7) is 3.67. The first-order chi connectivity index (χ1) is 10.1. The van der Waals surface area contributed by atoms with E-state index in [-0.39, 0.29) is 5.84 Å². The molecule has 1 atom stereocenters. The average Bonchev–Trinajstić information content (AvgIpc) is 2.47. The van der Waals surface area contributed by atoms with Gasteiger partial charge in [-0.15, -0.1) is 0 Å². The minimum absolute atomic E-state index is 0.0334. The Morgan fingerprint density at radius 3 is 2.95 bits per heavy atom. The molecule has 3 N–H and O–H groups in total. The lowest BCUT2D eigenvalue weighted by Gasteiger charge is -2.27. The maximum atomic E-state index is 7.54. The summed E-state index contributed by atoms with van der Waals surface area (Å²) in [6, 6.07) is 5.83. The van der Waals surface area contributed by atoms with E-state index < -0.39 is 0 Å². The molecular weight excluding hydrogens is 266 g/mol. The highest BCUT2D eigenvalue weighted by Gasteiger charge is 2.16. The Hall–Kier alpha value is -1.59. The number of nitrogen functional groups attached to an aromatic ring is 1. The van der Waals surface area contributed by atoms with Crippen molar-refractivity contribution >= 4 is 5.84 Å². The van der Waals surface area contributed by atoms with Gasteiger partial charge >= 0.3 is 0 Å². The molecule has 1 saturated heterocycles. The third-order valence-electron chi connectivity index (χ3n) is 3.83. The van der Waals surface area contributed by atoms with Crippen LogP contribution < -0.4 is 10.5 Å². The van der Waals surface area contributed by atoms with Gasteiger partial charge in [0.1, 0.15) is 11.6 Å². The molecule has 1 heterocycles. The van der Waals surface area contributed by atoms with Gasteiger partial charge in [0.15, 0.2) is 0 Å². The summed E-state index contributed by atoms with van der Waals surface area (Å²) in [7, 11) is 3.73. The summed E-state index contributed by atoms with van der Waals surface area (Å²) in [5, 5.41) is 7.54. The highest BCUT2D eigenvalue weighted by molar-refractivity contribution is 5.97. The monoisotopic (exact) mass is 291 g/mol. The van der Waals surface area contributed by atoms with Crippen molar-refractivity contribution in [3.63, 3.8) is 0 Å². The fourth-order valence-electron chi connectivity index (χ4n) is 2.82. The maximum absolute atomic E-state index is 7.54. The van der Waals surface area contributed by atoms with Gasteiger partial charge < -0.3 is 20.1 Å².